The summed E-state index contributed by atoms with van der Waals surface area (Å²) in [6, 6.07) is 0.651. The van der Waals surface area contributed by atoms with Gasteiger partial charge in [-0.3, -0.25) is 0 Å². The molecule has 1 N–H and O–H groups in total. The molecule has 1 atom stereocenters. The van der Waals surface area contributed by atoms with E-state index in [1.165, 1.54) is 25.9 Å². The third-order valence-electron chi connectivity index (χ3n) is 3.16. The standard InChI is InChI=1S/C13H28N2O/c1-5-16-13(3,4)11-15-9-6-8-14-12(2)7-10-15/h12,14H,5-11H2,1-4H3. The van der Waals surface area contributed by atoms with Crippen LogP contribution in [-0.4, -0.2) is 49.3 Å². The van der Waals surface area contributed by atoms with E-state index in [2.05, 4.69) is 37.9 Å². The fourth-order valence-corrected chi connectivity index (χ4v) is 2.37. The molecular formula is C13H28N2O. The molecule has 0 aromatic carbocycles. The average molecular weight is 228 g/mol. The van der Waals surface area contributed by atoms with Gasteiger partial charge < -0.3 is 15.0 Å². The van der Waals surface area contributed by atoms with Gasteiger partial charge in [0, 0.05) is 19.2 Å². The molecule has 1 aliphatic rings. The Morgan fingerprint density at radius 3 is 2.81 bits per heavy atom. The second-order valence-electron chi connectivity index (χ2n) is 5.47. The van der Waals surface area contributed by atoms with Crippen LogP contribution in [0.3, 0.4) is 0 Å². The lowest BCUT2D eigenvalue weighted by molar-refractivity contribution is -0.0354. The summed E-state index contributed by atoms with van der Waals surface area (Å²) in [5, 5.41) is 3.54. The van der Waals surface area contributed by atoms with Crippen LogP contribution in [0.25, 0.3) is 0 Å². The molecule has 0 amide bonds. The largest absolute Gasteiger partial charge is 0.375 e. The smallest absolute Gasteiger partial charge is 0.0752 e. The molecule has 16 heavy (non-hydrogen) atoms. The van der Waals surface area contributed by atoms with Crippen molar-refractivity contribution in [2.24, 2.45) is 0 Å². The molecule has 3 heteroatoms. The second kappa shape index (κ2) is 6.58. The van der Waals surface area contributed by atoms with E-state index in [0.29, 0.717) is 6.04 Å². The summed E-state index contributed by atoms with van der Waals surface area (Å²) >= 11 is 0. The predicted octanol–water partition coefficient (Wildman–Crippen LogP) is 1.88. The van der Waals surface area contributed by atoms with Gasteiger partial charge in [0.25, 0.3) is 0 Å². The van der Waals surface area contributed by atoms with Crippen LogP contribution in [0.4, 0.5) is 0 Å². The lowest BCUT2D eigenvalue weighted by Gasteiger charge is -2.34. The summed E-state index contributed by atoms with van der Waals surface area (Å²) in [6.07, 6.45) is 2.48. The van der Waals surface area contributed by atoms with Gasteiger partial charge in [0.2, 0.25) is 0 Å². The van der Waals surface area contributed by atoms with Crippen molar-refractivity contribution in [2.75, 3.05) is 32.8 Å². The zero-order valence-corrected chi connectivity index (χ0v) is 11.4. The summed E-state index contributed by atoms with van der Waals surface area (Å²) in [5.74, 6) is 0. The first-order chi connectivity index (χ1) is 7.53. The number of hydrogen-bond donors (Lipinski definition) is 1. The number of nitrogens with zero attached hydrogens (tertiary/aromatic N) is 1. The molecule has 96 valence electrons. The van der Waals surface area contributed by atoms with Gasteiger partial charge in [-0.1, -0.05) is 0 Å². The van der Waals surface area contributed by atoms with Crippen LogP contribution in [0.15, 0.2) is 0 Å². The van der Waals surface area contributed by atoms with Crippen molar-refractivity contribution < 1.29 is 4.74 Å². The van der Waals surface area contributed by atoms with E-state index in [1.54, 1.807) is 0 Å². The molecule has 1 aliphatic heterocycles. The second-order valence-corrected chi connectivity index (χ2v) is 5.47. The number of hydrogen-bond acceptors (Lipinski definition) is 3. The van der Waals surface area contributed by atoms with Gasteiger partial charge in [-0.25, -0.2) is 0 Å². The van der Waals surface area contributed by atoms with Gasteiger partial charge >= 0.3 is 0 Å². The molecule has 1 rings (SSSR count). The summed E-state index contributed by atoms with van der Waals surface area (Å²) < 4.78 is 5.77. The molecule has 0 bridgehead atoms. The van der Waals surface area contributed by atoms with E-state index in [1.807, 2.05) is 0 Å². The Hall–Kier alpha value is -0.120. The maximum Gasteiger partial charge on any atom is 0.0752 e. The average Bonchev–Trinajstić information content (AvgIpc) is 2.17. The van der Waals surface area contributed by atoms with Crippen molar-refractivity contribution in [2.45, 2.75) is 52.2 Å². The molecule has 0 aromatic heterocycles. The van der Waals surface area contributed by atoms with Gasteiger partial charge in [0.1, 0.15) is 0 Å². The number of nitrogens with one attached hydrogen (secondary N) is 1. The van der Waals surface area contributed by atoms with E-state index in [9.17, 15) is 0 Å². The Morgan fingerprint density at radius 2 is 2.12 bits per heavy atom. The first-order valence-electron chi connectivity index (χ1n) is 6.63. The lowest BCUT2D eigenvalue weighted by Crippen LogP contribution is -2.45. The highest BCUT2D eigenvalue weighted by atomic mass is 16.5. The Kier molecular flexibility index (Phi) is 5.73. The van der Waals surface area contributed by atoms with Gasteiger partial charge in [-0.2, -0.15) is 0 Å². The molecule has 0 aromatic rings. The monoisotopic (exact) mass is 228 g/mol. The van der Waals surface area contributed by atoms with E-state index in [4.69, 9.17) is 4.74 Å². The Balaban J connectivity index is 2.39. The van der Waals surface area contributed by atoms with Crippen LogP contribution < -0.4 is 5.32 Å². The molecular weight excluding hydrogens is 200 g/mol. The quantitative estimate of drug-likeness (QED) is 0.795. The van der Waals surface area contributed by atoms with Crippen LogP contribution in [0, 0.1) is 0 Å². The maximum absolute atomic E-state index is 5.77. The minimum Gasteiger partial charge on any atom is -0.375 e. The highest BCUT2D eigenvalue weighted by Gasteiger charge is 2.22. The van der Waals surface area contributed by atoms with Gasteiger partial charge in [0.05, 0.1) is 5.60 Å². The number of rotatable bonds is 4. The van der Waals surface area contributed by atoms with E-state index >= 15 is 0 Å². The van der Waals surface area contributed by atoms with E-state index < -0.39 is 0 Å². The van der Waals surface area contributed by atoms with Crippen molar-refractivity contribution in [3.8, 4) is 0 Å². The first-order valence-corrected chi connectivity index (χ1v) is 6.63. The zero-order chi connectivity index (χ0) is 12.0. The summed E-state index contributed by atoms with van der Waals surface area (Å²) in [5.41, 5.74) is -0.00931. The highest BCUT2D eigenvalue weighted by molar-refractivity contribution is 4.77. The molecule has 0 saturated carbocycles. The lowest BCUT2D eigenvalue weighted by atomic mass is 10.1. The molecule has 0 aliphatic carbocycles. The Morgan fingerprint density at radius 1 is 1.38 bits per heavy atom. The maximum atomic E-state index is 5.77. The minimum atomic E-state index is -0.00931. The van der Waals surface area contributed by atoms with Crippen LogP contribution in [0.1, 0.15) is 40.5 Å². The van der Waals surface area contributed by atoms with Crippen molar-refractivity contribution >= 4 is 0 Å². The summed E-state index contributed by atoms with van der Waals surface area (Å²) in [4.78, 5) is 2.55. The van der Waals surface area contributed by atoms with E-state index in [0.717, 1.165) is 19.7 Å². The SMILES string of the molecule is CCOC(C)(C)CN1CCCNC(C)CC1. The van der Waals surface area contributed by atoms with E-state index in [-0.39, 0.29) is 5.60 Å². The fraction of sp³-hybridized carbons (Fsp3) is 1.00. The van der Waals surface area contributed by atoms with Crippen molar-refractivity contribution in [3.05, 3.63) is 0 Å². The van der Waals surface area contributed by atoms with Gasteiger partial charge in [-0.15, -0.1) is 0 Å². The Labute approximate surface area is 101 Å². The minimum absolute atomic E-state index is 0.00931. The number of ether oxygens (including phenoxy) is 1. The predicted molar refractivity (Wildman–Crippen MR) is 68.8 cm³/mol. The Bertz CT molecular complexity index is 194. The fourth-order valence-electron chi connectivity index (χ4n) is 2.37. The topological polar surface area (TPSA) is 24.5 Å². The highest BCUT2D eigenvalue weighted by Crippen LogP contribution is 2.13. The molecule has 1 fully saturated rings. The molecule has 0 radical (unpaired) electrons. The molecule has 1 saturated heterocycles. The molecule has 3 nitrogen and oxygen atoms in total. The summed E-state index contributed by atoms with van der Waals surface area (Å²) in [7, 11) is 0. The third kappa shape index (κ3) is 5.28. The molecule has 0 spiro atoms. The van der Waals surface area contributed by atoms with Crippen LogP contribution >= 0.6 is 0 Å². The zero-order valence-electron chi connectivity index (χ0n) is 11.4. The van der Waals surface area contributed by atoms with Crippen LogP contribution in [0.2, 0.25) is 0 Å². The third-order valence-corrected chi connectivity index (χ3v) is 3.16. The van der Waals surface area contributed by atoms with Crippen molar-refractivity contribution in [3.63, 3.8) is 0 Å². The van der Waals surface area contributed by atoms with Crippen molar-refractivity contribution in [1.82, 2.24) is 10.2 Å². The van der Waals surface area contributed by atoms with Gasteiger partial charge in [0.15, 0.2) is 0 Å². The van der Waals surface area contributed by atoms with Crippen LogP contribution in [-0.2, 0) is 4.74 Å². The van der Waals surface area contributed by atoms with Gasteiger partial charge in [-0.05, 0) is 60.2 Å². The first kappa shape index (κ1) is 13.9. The van der Waals surface area contributed by atoms with Crippen LogP contribution in [0.5, 0.6) is 0 Å². The normalized spacial score (nSPS) is 25.1. The molecule has 1 unspecified atom stereocenters. The summed E-state index contributed by atoms with van der Waals surface area (Å²) in [6.45, 7) is 14.1. The molecule has 1 heterocycles. The van der Waals surface area contributed by atoms with Crippen molar-refractivity contribution in [1.29, 1.82) is 0 Å².